The van der Waals surface area contributed by atoms with Crippen molar-refractivity contribution in [1.29, 1.82) is 0 Å². The van der Waals surface area contributed by atoms with Crippen LogP contribution in [0.1, 0.15) is 16.7 Å². The van der Waals surface area contributed by atoms with Crippen molar-refractivity contribution in [3.63, 3.8) is 0 Å². The summed E-state index contributed by atoms with van der Waals surface area (Å²) in [6.45, 7) is 1.37. The molecule has 0 saturated heterocycles. The van der Waals surface area contributed by atoms with E-state index in [-0.39, 0.29) is 38.1 Å². The van der Waals surface area contributed by atoms with Gasteiger partial charge in [0.15, 0.2) is 12.4 Å². The van der Waals surface area contributed by atoms with Gasteiger partial charge >= 0.3 is 11.9 Å². The van der Waals surface area contributed by atoms with Gasteiger partial charge in [0.25, 0.3) is 11.5 Å². The van der Waals surface area contributed by atoms with Gasteiger partial charge in [-0.15, -0.1) is 0 Å². The van der Waals surface area contributed by atoms with E-state index in [1.807, 2.05) is 19.1 Å². The fourth-order valence-electron chi connectivity index (χ4n) is 4.30. The molecule has 1 N–H and O–H groups in total. The quantitative estimate of drug-likeness (QED) is 0.107. The summed E-state index contributed by atoms with van der Waals surface area (Å²) in [5.74, 6) is -0.935. The summed E-state index contributed by atoms with van der Waals surface area (Å²) >= 11 is 3.23. The number of alkyl halides is 3. The van der Waals surface area contributed by atoms with E-state index in [1.54, 1.807) is 30.3 Å². The van der Waals surface area contributed by atoms with Gasteiger partial charge in [-0.25, -0.2) is 4.98 Å². The van der Waals surface area contributed by atoms with Crippen LogP contribution in [0.15, 0.2) is 99.3 Å². The molecule has 0 radical (unpaired) electrons. The van der Waals surface area contributed by atoms with Crippen molar-refractivity contribution in [1.82, 2.24) is 9.66 Å². The normalized spacial score (nSPS) is 11.6. The van der Waals surface area contributed by atoms with Gasteiger partial charge in [-0.3, -0.25) is 19.7 Å². The Morgan fingerprint density at radius 3 is 2.53 bits per heavy atom. The summed E-state index contributed by atoms with van der Waals surface area (Å²) in [6, 6.07) is 20.1. The first kappa shape index (κ1) is 31.1. The van der Waals surface area contributed by atoms with Crippen LogP contribution in [0.2, 0.25) is 0 Å². The number of nitro groups is 1. The fraction of sp³-hybridized carbons (Fsp3) is 0.0968. The molecule has 1 heterocycles. The van der Waals surface area contributed by atoms with Gasteiger partial charge in [0.05, 0.1) is 32.1 Å². The number of aryl methyl sites for hydroxylation is 1. The summed E-state index contributed by atoms with van der Waals surface area (Å²) in [6.07, 6.45) is -3.52. The highest BCUT2D eigenvalue weighted by Gasteiger charge is 2.31. The number of benzene rings is 4. The second-order valence-corrected chi connectivity index (χ2v) is 10.6. The van der Waals surface area contributed by atoms with Crippen molar-refractivity contribution >= 4 is 50.3 Å². The molecular formula is C31H21BrF3N5O5. The minimum Gasteiger partial charge on any atom is -0.476 e. The Bertz CT molecular complexity index is 2030. The number of nitrogens with zero attached hydrogens (tertiary/aromatic N) is 4. The molecule has 0 bridgehead atoms. The largest absolute Gasteiger partial charge is 0.476 e. The molecule has 0 unspecified atom stereocenters. The lowest BCUT2D eigenvalue weighted by Crippen LogP contribution is -2.21. The number of aromatic nitrogens is 2. The van der Waals surface area contributed by atoms with E-state index in [2.05, 4.69) is 31.3 Å². The van der Waals surface area contributed by atoms with Crippen LogP contribution in [0.3, 0.4) is 0 Å². The maximum absolute atomic E-state index is 13.5. The second kappa shape index (κ2) is 12.7. The van der Waals surface area contributed by atoms with E-state index in [4.69, 9.17) is 4.74 Å². The summed E-state index contributed by atoms with van der Waals surface area (Å²) in [5, 5.41) is 18.9. The Balaban J connectivity index is 1.49. The first-order chi connectivity index (χ1) is 21.4. The minimum atomic E-state index is -4.64. The van der Waals surface area contributed by atoms with Crippen LogP contribution in [-0.2, 0) is 11.0 Å². The van der Waals surface area contributed by atoms with Crippen LogP contribution in [-0.4, -0.2) is 33.3 Å². The number of amides is 1. The molecule has 0 spiro atoms. The average molecular weight is 680 g/mol. The number of hydrogen-bond acceptors (Lipinski definition) is 7. The molecule has 1 aromatic heterocycles. The maximum Gasteiger partial charge on any atom is 0.416 e. The number of halogens is 4. The summed E-state index contributed by atoms with van der Waals surface area (Å²) in [5.41, 5.74) is -0.232. The number of fused-ring (bicyclic) bond motifs is 1. The lowest BCUT2D eigenvalue weighted by Gasteiger charge is -2.12. The van der Waals surface area contributed by atoms with E-state index < -0.39 is 40.4 Å². The Morgan fingerprint density at radius 2 is 1.82 bits per heavy atom. The van der Waals surface area contributed by atoms with Crippen LogP contribution in [0.4, 0.5) is 24.5 Å². The van der Waals surface area contributed by atoms with Gasteiger partial charge in [-0.1, -0.05) is 42.0 Å². The number of nitro benzene ring substituents is 1. The van der Waals surface area contributed by atoms with Crippen LogP contribution >= 0.6 is 15.9 Å². The summed E-state index contributed by atoms with van der Waals surface area (Å²) in [7, 11) is 0. The van der Waals surface area contributed by atoms with Crippen LogP contribution < -0.4 is 15.6 Å². The minimum absolute atomic E-state index is 0.0235. The number of para-hydroxylation sites is 1. The first-order valence-corrected chi connectivity index (χ1v) is 13.9. The standard InChI is InChI=1S/C31H21BrF3N5O5/c1-18-9-11-22(12-10-18)37-27(41)17-45-28-24(32)13-19(14-26(28)40(43)44)16-36-39-29(20-5-4-6-21(15-20)31(33,34)35)38-25-8-3-2-7-23(25)30(39)42/h2-16H,17H2,1H3,(H,37,41). The molecule has 14 heteroatoms. The molecule has 5 aromatic rings. The lowest BCUT2D eigenvalue weighted by molar-refractivity contribution is -0.385. The molecule has 0 aliphatic carbocycles. The summed E-state index contributed by atoms with van der Waals surface area (Å²) < 4.78 is 46.8. The highest BCUT2D eigenvalue weighted by atomic mass is 79.9. The Morgan fingerprint density at radius 1 is 1.09 bits per heavy atom. The third kappa shape index (κ3) is 7.07. The zero-order chi connectivity index (χ0) is 32.3. The third-order valence-electron chi connectivity index (χ3n) is 6.45. The Hall–Kier alpha value is -5.37. The smallest absolute Gasteiger partial charge is 0.416 e. The molecule has 4 aromatic carbocycles. The number of anilines is 1. The van der Waals surface area contributed by atoms with Crippen molar-refractivity contribution in [3.8, 4) is 17.1 Å². The van der Waals surface area contributed by atoms with E-state index in [0.29, 0.717) is 5.69 Å². The fourth-order valence-corrected chi connectivity index (χ4v) is 4.88. The van der Waals surface area contributed by atoms with Gasteiger partial charge in [-0.05, 0) is 65.3 Å². The van der Waals surface area contributed by atoms with Gasteiger partial charge in [0.2, 0.25) is 5.75 Å². The highest BCUT2D eigenvalue weighted by Crippen LogP contribution is 2.36. The monoisotopic (exact) mass is 679 g/mol. The van der Waals surface area contributed by atoms with Gasteiger partial charge in [0, 0.05) is 22.9 Å². The lowest BCUT2D eigenvalue weighted by atomic mass is 10.1. The highest BCUT2D eigenvalue weighted by molar-refractivity contribution is 9.10. The predicted molar refractivity (Wildman–Crippen MR) is 166 cm³/mol. The zero-order valence-corrected chi connectivity index (χ0v) is 24.8. The predicted octanol–water partition coefficient (Wildman–Crippen LogP) is 6.96. The number of ether oxygens (including phenoxy) is 1. The zero-order valence-electron chi connectivity index (χ0n) is 23.2. The number of carbonyl (C=O) groups is 1. The maximum atomic E-state index is 13.5. The molecule has 228 valence electrons. The van der Waals surface area contributed by atoms with E-state index >= 15 is 0 Å². The Labute approximate surface area is 261 Å². The summed E-state index contributed by atoms with van der Waals surface area (Å²) in [4.78, 5) is 41.4. The molecule has 0 atom stereocenters. The number of rotatable bonds is 8. The van der Waals surface area contributed by atoms with Crippen LogP contribution in [0.25, 0.3) is 22.3 Å². The van der Waals surface area contributed by atoms with E-state index in [9.17, 15) is 32.9 Å². The van der Waals surface area contributed by atoms with Crippen LogP contribution in [0.5, 0.6) is 5.75 Å². The van der Waals surface area contributed by atoms with Gasteiger partial charge in [0.1, 0.15) is 0 Å². The van der Waals surface area contributed by atoms with Crippen molar-refractivity contribution in [2.45, 2.75) is 13.1 Å². The van der Waals surface area contributed by atoms with E-state index in [1.165, 1.54) is 24.3 Å². The molecule has 5 rings (SSSR count). The molecule has 0 aliphatic rings. The second-order valence-electron chi connectivity index (χ2n) is 9.70. The molecule has 10 nitrogen and oxygen atoms in total. The van der Waals surface area contributed by atoms with Crippen molar-refractivity contribution < 1.29 is 27.6 Å². The van der Waals surface area contributed by atoms with Gasteiger partial charge < -0.3 is 10.1 Å². The molecular weight excluding hydrogens is 659 g/mol. The number of carbonyl (C=O) groups excluding carboxylic acids is 1. The topological polar surface area (TPSA) is 129 Å². The number of hydrogen-bond donors (Lipinski definition) is 1. The first-order valence-electron chi connectivity index (χ1n) is 13.1. The molecule has 0 aliphatic heterocycles. The van der Waals surface area contributed by atoms with Crippen LogP contribution in [0, 0.1) is 17.0 Å². The molecule has 1 amide bonds. The average Bonchev–Trinajstić information content (AvgIpc) is 3.00. The van der Waals surface area contributed by atoms with Crippen molar-refractivity contribution in [2.24, 2.45) is 5.10 Å². The SMILES string of the molecule is Cc1ccc(NC(=O)COc2c(Br)cc(C=Nn3c(-c4cccc(C(F)(F)F)c4)nc4ccccc4c3=O)cc2[N+](=O)[O-])cc1. The van der Waals surface area contributed by atoms with E-state index in [0.717, 1.165) is 34.7 Å². The van der Waals surface area contributed by atoms with Crippen molar-refractivity contribution in [2.75, 3.05) is 11.9 Å². The Kier molecular flexibility index (Phi) is 8.77. The molecule has 0 saturated carbocycles. The van der Waals surface area contributed by atoms with Crippen molar-refractivity contribution in [3.05, 3.63) is 127 Å². The van der Waals surface area contributed by atoms with Gasteiger partial charge in [-0.2, -0.15) is 22.9 Å². The third-order valence-corrected chi connectivity index (χ3v) is 7.04. The molecule has 45 heavy (non-hydrogen) atoms. The number of nitrogens with one attached hydrogen (secondary N) is 1. The molecule has 0 fully saturated rings.